The number of amides is 2. The minimum Gasteiger partial charge on any atom is -0.462 e. The second-order valence-electron chi connectivity index (χ2n) is 6.08. The molecular weight excluding hydrogens is 302 g/mol. The van der Waals surface area contributed by atoms with Gasteiger partial charge in [0.2, 0.25) is 0 Å². The highest BCUT2D eigenvalue weighted by atomic mass is 16.6. The average molecular weight is 327 g/mol. The molecule has 1 heterocycles. The Hall–Kier alpha value is -1.99. The molecule has 0 aromatic heterocycles. The molecule has 0 bridgehead atoms. The molecule has 0 aromatic rings. The highest BCUT2D eigenvalue weighted by molar-refractivity contribution is 5.73. The van der Waals surface area contributed by atoms with Crippen LogP contribution in [-0.4, -0.2) is 44.0 Å². The first kappa shape index (κ1) is 19.1. The molecule has 2 N–H and O–H groups in total. The molecule has 1 fully saturated rings. The van der Waals surface area contributed by atoms with E-state index in [-0.39, 0.29) is 37.0 Å². The number of azide groups is 1. The minimum atomic E-state index is -0.899. The lowest BCUT2D eigenvalue weighted by molar-refractivity contribution is -0.160. The Balaban J connectivity index is 2.67. The van der Waals surface area contributed by atoms with Gasteiger partial charge >= 0.3 is 12.0 Å². The van der Waals surface area contributed by atoms with Gasteiger partial charge in [0.1, 0.15) is 18.4 Å². The van der Waals surface area contributed by atoms with E-state index in [0.29, 0.717) is 12.8 Å². The summed E-state index contributed by atoms with van der Waals surface area (Å²) >= 11 is 0. The number of esters is 1. The Labute approximate surface area is 135 Å². The predicted octanol–water partition coefficient (Wildman–Crippen LogP) is 1.94. The molecule has 0 unspecified atom stereocenters. The van der Waals surface area contributed by atoms with Crippen molar-refractivity contribution in [3.63, 3.8) is 0 Å². The zero-order valence-corrected chi connectivity index (χ0v) is 14.0. The zero-order valence-electron chi connectivity index (χ0n) is 14.0. The van der Waals surface area contributed by atoms with Crippen LogP contribution in [0.1, 0.15) is 33.6 Å². The van der Waals surface area contributed by atoms with Crippen LogP contribution in [0.2, 0.25) is 0 Å². The summed E-state index contributed by atoms with van der Waals surface area (Å²) < 4.78 is 11.2. The molecule has 23 heavy (non-hydrogen) atoms. The first-order valence-corrected chi connectivity index (χ1v) is 7.67. The van der Waals surface area contributed by atoms with Crippen molar-refractivity contribution in [2.24, 2.45) is 17.0 Å². The van der Waals surface area contributed by atoms with E-state index in [4.69, 9.17) is 15.0 Å². The van der Waals surface area contributed by atoms with Gasteiger partial charge < -0.3 is 20.1 Å². The standard InChI is InChI=1S/C14H25N5O4/c1-9(2)10(3)12(20)22-8-14(7-17-19-15)6-5-11(23-14)18-13(21)16-4/h9-11H,5-8H2,1-4H3,(H2,16,18,21)/t10-,11+,14+/m0/s1. The molecule has 0 aromatic carbocycles. The van der Waals surface area contributed by atoms with Crippen LogP contribution in [0.4, 0.5) is 4.79 Å². The average Bonchev–Trinajstić information content (AvgIpc) is 2.93. The fourth-order valence-corrected chi connectivity index (χ4v) is 2.17. The van der Waals surface area contributed by atoms with E-state index in [1.165, 1.54) is 7.05 Å². The van der Waals surface area contributed by atoms with Crippen LogP contribution in [0.3, 0.4) is 0 Å². The van der Waals surface area contributed by atoms with Crippen LogP contribution in [0.15, 0.2) is 5.11 Å². The Morgan fingerprint density at radius 2 is 2.17 bits per heavy atom. The molecule has 2 amide bonds. The maximum Gasteiger partial charge on any atom is 0.316 e. The van der Waals surface area contributed by atoms with Crippen molar-refractivity contribution < 1.29 is 19.1 Å². The van der Waals surface area contributed by atoms with Crippen molar-refractivity contribution in [1.82, 2.24) is 10.6 Å². The van der Waals surface area contributed by atoms with Gasteiger partial charge in [0.15, 0.2) is 0 Å². The van der Waals surface area contributed by atoms with Gasteiger partial charge in [-0.15, -0.1) is 0 Å². The number of carbonyl (C=O) groups excluding carboxylic acids is 2. The second kappa shape index (κ2) is 8.59. The van der Waals surface area contributed by atoms with Gasteiger partial charge in [-0.25, -0.2) is 4.79 Å². The Kier molecular flexibility index (Phi) is 7.12. The highest BCUT2D eigenvalue weighted by Gasteiger charge is 2.42. The smallest absolute Gasteiger partial charge is 0.316 e. The molecule has 9 heteroatoms. The molecule has 9 nitrogen and oxygen atoms in total. The van der Waals surface area contributed by atoms with Gasteiger partial charge in [0, 0.05) is 12.0 Å². The predicted molar refractivity (Wildman–Crippen MR) is 83.4 cm³/mol. The molecule has 0 aliphatic carbocycles. The van der Waals surface area contributed by atoms with E-state index in [1.807, 2.05) is 13.8 Å². The van der Waals surface area contributed by atoms with Crippen LogP contribution in [0, 0.1) is 11.8 Å². The number of nitrogens with zero attached hydrogens (tertiary/aromatic N) is 3. The van der Waals surface area contributed by atoms with Crippen LogP contribution < -0.4 is 10.6 Å². The van der Waals surface area contributed by atoms with Gasteiger partial charge in [-0.05, 0) is 24.3 Å². The van der Waals surface area contributed by atoms with Crippen molar-refractivity contribution in [2.45, 2.75) is 45.4 Å². The van der Waals surface area contributed by atoms with Gasteiger partial charge in [-0.2, -0.15) is 0 Å². The van der Waals surface area contributed by atoms with Crippen molar-refractivity contribution in [3.05, 3.63) is 10.4 Å². The fourth-order valence-electron chi connectivity index (χ4n) is 2.17. The molecule has 130 valence electrons. The molecule has 3 atom stereocenters. The van der Waals surface area contributed by atoms with Crippen molar-refractivity contribution >= 4 is 12.0 Å². The third kappa shape index (κ3) is 5.61. The summed E-state index contributed by atoms with van der Waals surface area (Å²) in [6.07, 6.45) is 0.556. The highest BCUT2D eigenvalue weighted by Crippen LogP contribution is 2.31. The van der Waals surface area contributed by atoms with Gasteiger partial charge in [-0.1, -0.05) is 25.9 Å². The van der Waals surface area contributed by atoms with Crippen molar-refractivity contribution in [3.8, 4) is 0 Å². The van der Waals surface area contributed by atoms with Crippen LogP contribution in [-0.2, 0) is 14.3 Å². The first-order valence-electron chi connectivity index (χ1n) is 7.67. The largest absolute Gasteiger partial charge is 0.462 e. The Bertz CT molecular complexity index is 478. The lowest BCUT2D eigenvalue weighted by Crippen LogP contribution is -2.45. The second-order valence-corrected chi connectivity index (χ2v) is 6.08. The van der Waals surface area contributed by atoms with E-state index in [2.05, 4.69) is 20.7 Å². The third-order valence-corrected chi connectivity index (χ3v) is 4.04. The quantitative estimate of drug-likeness (QED) is 0.321. The topological polar surface area (TPSA) is 125 Å². The van der Waals surface area contributed by atoms with Crippen molar-refractivity contribution in [1.29, 1.82) is 0 Å². The normalized spacial score (nSPS) is 24.7. The monoisotopic (exact) mass is 327 g/mol. The number of rotatable bonds is 7. The summed E-state index contributed by atoms with van der Waals surface area (Å²) in [4.78, 5) is 26.1. The maximum atomic E-state index is 12.0. The van der Waals surface area contributed by atoms with Crippen LogP contribution >= 0.6 is 0 Å². The lowest BCUT2D eigenvalue weighted by Gasteiger charge is -2.28. The Morgan fingerprint density at radius 1 is 1.48 bits per heavy atom. The number of carbonyl (C=O) groups is 2. The lowest BCUT2D eigenvalue weighted by atomic mass is 9.98. The first-order chi connectivity index (χ1) is 10.8. The van der Waals surface area contributed by atoms with Crippen molar-refractivity contribution in [2.75, 3.05) is 20.2 Å². The van der Waals surface area contributed by atoms with Gasteiger partial charge in [-0.3, -0.25) is 4.79 Å². The minimum absolute atomic E-state index is 0.00611. The van der Waals surface area contributed by atoms with E-state index in [0.717, 1.165) is 0 Å². The molecule has 1 saturated heterocycles. The molecule has 0 radical (unpaired) electrons. The molecule has 1 aliphatic heterocycles. The number of nitrogens with one attached hydrogen (secondary N) is 2. The van der Waals surface area contributed by atoms with Crippen LogP contribution in [0.25, 0.3) is 10.4 Å². The van der Waals surface area contributed by atoms with E-state index >= 15 is 0 Å². The van der Waals surface area contributed by atoms with Gasteiger partial charge in [0.05, 0.1) is 12.5 Å². The summed E-state index contributed by atoms with van der Waals surface area (Å²) in [6, 6.07) is -0.361. The SMILES string of the molecule is CNC(=O)N[C@H]1CC[C@@](CN=[N+]=[N-])(COC(=O)[C@@H](C)C(C)C)O1. The number of hydrogen-bond acceptors (Lipinski definition) is 5. The zero-order chi connectivity index (χ0) is 17.5. The summed E-state index contributed by atoms with van der Waals surface area (Å²) in [5.41, 5.74) is 7.65. The summed E-state index contributed by atoms with van der Waals surface area (Å²) in [5, 5.41) is 8.64. The number of urea groups is 1. The summed E-state index contributed by atoms with van der Waals surface area (Å²) in [7, 11) is 1.51. The Morgan fingerprint density at radius 3 is 2.74 bits per heavy atom. The molecular formula is C14H25N5O4. The summed E-state index contributed by atoms with van der Waals surface area (Å²) in [5.74, 6) is -0.373. The number of ether oxygens (including phenoxy) is 2. The van der Waals surface area contributed by atoms with Crippen LogP contribution in [0.5, 0.6) is 0 Å². The third-order valence-electron chi connectivity index (χ3n) is 4.04. The fraction of sp³-hybridized carbons (Fsp3) is 0.857. The summed E-state index contributed by atoms with van der Waals surface area (Å²) in [6.45, 7) is 5.72. The van der Waals surface area contributed by atoms with E-state index in [1.54, 1.807) is 6.92 Å². The molecule has 1 rings (SSSR count). The molecule has 1 aliphatic rings. The van der Waals surface area contributed by atoms with E-state index < -0.39 is 11.8 Å². The van der Waals surface area contributed by atoms with E-state index in [9.17, 15) is 9.59 Å². The molecule has 0 saturated carbocycles. The maximum absolute atomic E-state index is 12.0. The molecule has 0 spiro atoms. The van der Waals surface area contributed by atoms with Gasteiger partial charge in [0.25, 0.3) is 0 Å². The number of hydrogen-bond donors (Lipinski definition) is 2.